The van der Waals surface area contributed by atoms with E-state index >= 15 is 0 Å². The largest absolute Gasteiger partial charge is 0.313 e. The molecule has 0 aliphatic carbocycles. The molecule has 1 rings (SSSR count). The van der Waals surface area contributed by atoms with Gasteiger partial charge in [0.1, 0.15) is 0 Å². The first-order chi connectivity index (χ1) is 7.91. The van der Waals surface area contributed by atoms with Crippen molar-refractivity contribution >= 4 is 0 Å². The summed E-state index contributed by atoms with van der Waals surface area (Å²) < 4.78 is 0. The van der Waals surface area contributed by atoms with Crippen molar-refractivity contribution < 1.29 is 0 Å². The van der Waals surface area contributed by atoms with E-state index in [1.165, 1.54) is 19.5 Å². The van der Waals surface area contributed by atoms with Gasteiger partial charge in [0.05, 0.1) is 0 Å². The molecule has 0 aromatic carbocycles. The van der Waals surface area contributed by atoms with Crippen LogP contribution in [-0.2, 0) is 0 Å². The molecular formula is C15H32N2. The first kappa shape index (κ1) is 15.0. The molecule has 0 spiro atoms. The van der Waals surface area contributed by atoms with Crippen molar-refractivity contribution in [2.24, 2.45) is 17.8 Å². The third-order valence-electron chi connectivity index (χ3n) is 4.59. The Kier molecular flexibility index (Phi) is 5.94. The molecule has 1 saturated heterocycles. The van der Waals surface area contributed by atoms with Crippen molar-refractivity contribution in [1.29, 1.82) is 0 Å². The normalized spacial score (nSPS) is 33.0. The van der Waals surface area contributed by atoms with Crippen molar-refractivity contribution in [3.63, 3.8) is 0 Å². The SMILES string of the molecule is CC1CC(C)C(C)N(CCNC(C)C(C)C)C1. The van der Waals surface area contributed by atoms with E-state index < -0.39 is 0 Å². The molecule has 2 heteroatoms. The molecule has 4 atom stereocenters. The summed E-state index contributed by atoms with van der Waals surface area (Å²) in [4.78, 5) is 2.67. The molecule has 4 unspecified atom stereocenters. The van der Waals surface area contributed by atoms with Crippen LogP contribution < -0.4 is 5.32 Å². The summed E-state index contributed by atoms with van der Waals surface area (Å²) in [6.07, 6.45) is 1.40. The van der Waals surface area contributed by atoms with Gasteiger partial charge < -0.3 is 5.32 Å². The lowest BCUT2D eigenvalue weighted by atomic mass is 9.86. The zero-order valence-electron chi connectivity index (χ0n) is 12.7. The fraction of sp³-hybridized carbons (Fsp3) is 1.00. The predicted molar refractivity (Wildman–Crippen MR) is 76.3 cm³/mol. The van der Waals surface area contributed by atoms with Crippen molar-refractivity contribution in [2.75, 3.05) is 19.6 Å². The number of nitrogens with one attached hydrogen (secondary N) is 1. The predicted octanol–water partition coefficient (Wildman–Crippen LogP) is 2.99. The lowest BCUT2D eigenvalue weighted by Crippen LogP contribution is -2.49. The monoisotopic (exact) mass is 240 g/mol. The minimum absolute atomic E-state index is 0.630. The van der Waals surface area contributed by atoms with Gasteiger partial charge in [0.15, 0.2) is 0 Å². The molecule has 2 nitrogen and oxygen atoms in total. The quantitative estimate of drug-likeness (QED) is 0.795. The Bertz CT molecular complexity index is 215. The zero-order valence-corrected chi connectivity index (χ0v) is 12.7. The van der Waals surface area contributed by atoms with E-state index in [0.29, 0.717) is 6.04 Å². The number of nitrogens with zero attached hydrogens (tertiary/aromatic N) is 1. The van der Waals surface area contributed by atoms with E-state index in [1.807, 2.05) is 0 Å². The molecule has 0 aromatic heterocycles. The maximum atomic E-state index is 3.64. The standard InChI is InChI=1S/C15H32N2/c1-11(2)14(5)16-7-8-17-10-12(3)9-13(4)15(17)6/h11-16H,7-10H2,1-6H3. The third kappa shape index (κ3) is 4.59. The molecule has 1 N–H and O–H groups in total. The third-order valence-corrected chi connectivity index (χ3v) is 4.59. The van der Waals surface area contributed by atoms with Crippen LogP contribution in [0.15, 0.2) is 0 Å². The highest BCUT2D eigenvalue weighted by Gasteiger charge is 2.28. The summed E-state index contributed by atoms with van der Waals surface area (Å²) in [6.45, 7) is 17.6. The van der Waals surface area contributed by atoms with Crippen LogP contribution >= 0.6 is 0 Å². The second-order valence-corrected chi connectivity index (χ2v) is 6.54. The Balaban J connectivity index is 2.30. The highest BCUT2D eigenvalue weighted by molar-refractivity contribution is 4.82. The van der Waals surface area contributed by atoms with Crippen LogP contribution in [0.4, 0.5) is 0 Å². The van der Waals surface area contributed by atoms with Crippen LogP contribution in [0.3, 0.4) is 0 Å². The topological polar surface area (TPSA) is 15.3 Å². The number of hydrogen-bond donors (Lipinski definition) is 1. The van der Waals surface area contributed by atoms with E-state index in [1.54, 1.807) is 0 Å². The van der Waals surface area contributed by atoms with Crippen LogP contribution in [0.5, 0.6) is 0 Å². The summed E-state index contributed by atoms with van der Waals surface area (Å²) in [5.41, 5.74) is 0. The smallest absolute Gasteiger partial charge is 0.0110 e. The Hall–Kier alpha value is -0.0800. The zero-order chi connectivity index (χ0) is 13.0. The molecule has 0 aromatic rings. The molecule has 1 fully saturated rings. The summed E-state index contributed by atoms with van der Waals surface area (Å²) in [6, 6.07) is 1.38. The molecule has 1 aliphatic heterocycles. The Labute approximate surface area is 108 Å². The number of likely N-dealkylation sites (tertiary alicyclic amines) is 1. The number of hydrogen-bond acceptors (Lipinski definition) is 2. The molecule has 17 heavy (non-hydrogen) atoms. The fourth-order valence-electron chi connectivity index (χ4n) is 2.80. The van der Waals surface area contributed by atoms with Gasteiger partial charge in [-0.25, -0.2) is 0 Å². The van der Waals surface area contributed by atoms with Crippen molar-refractivity contribution in [1.82, 2.24) is 10.2 Å². The maximum absolute atomic E-state index is 3.64. The fourth-order valence-corrected chi connectivity index (χ4v) is 2.80. The summed E-state index contributed by atoms with van der Waals surface area (Å²) in [7, 11) is 0. The van der Waals surface area contributed by atoms with E-state index in [0.717, 1.165) is 30.3 Å². The first-order valence-corrected chi connectivity index (χ1v) is 7.39. The van der Waals surface area contributed by atoms with Gasteiger partial charge in [-0.05, 0) is 38.0 Å². The van der Waals surface area contributed by atoms with Gasteiger partial charge in [-0.1, -0.05) is 27.7 Å². The highest BCUT2D eigenvalue weighted by atomic mass is 15.2. The van der Waals surface area contributed by atoms with Crippen LogP contribution in [0.1, 0.15) is 48.0 Å². The van der Waals surface area contributed by atoms with Crippen LogP contribution in [0.25, 0.3) is 0 Å². The van der Waals surface area contributed by atoms with Gasteiger partial charge >= 0.3 is 0 Å². The summed E-state index contributed by atoms with van der Waals surface area (Å²) in [5, 5.41) is 3.64. The van der Waals surface area contributed by atoms with E-state index in [4.69, 9.17) is 0 Å². The van der Waals surface area contributed by atoms with Crippen molar-refractivity contribution in [2.45, 2.75) is 60.0 Å². The van der Waals surface area contributed by atoms with Crippen LogP contribution in [-0.4, -0.2) is 36.6 Å². The summed E-state index contributed by atoms with van der Waals surface area (Å²) in [5.74, 6) is 2.44. The second-order valence-electron chi connectivity index (χ2n) is 6.54. The van der Waals surface area contributed by atoms with Gasteiger partial charge in [0.25, 0.3) is 0 Å². The number of piperidine rings is 1. The van der Waals surface area contributed by atoms with E-state index in [9.17, 15) is 0 Å². The lowest BCUT2D eigenvalue weighted by molar-refractivity contribution is 0.0797. The number of rotatable bonds is 5. The highest BCUT2D eigenvalue weighted by Crippen LogP contribution is 2.26. The van der Waals surface area contributed by atoms with Crippen LogP contribution in [0, 0.1) is 17.8 Å². The molecular weight excluding hydrogens is 208 g/mol. The second kappa shape index (κ2) is 6.75. The molecule has 0 saturated carbocycles. The minimum Gasteiger partial charge on any atom is -0.313 e. The first-order valence-electron chi connectivity index (χ1n) is 7.39. The lowest BCUT2D eigenvalue weighted by Gasteiger charge is -2.41. The Morgan fingerprint density at radius 3 is 2.41 bits per heavy atom. The van der Waals surface area contributed by atoms with Gasteiger partial charge in [-0.3, -0.25) is 4.90 Å². The molecule has 1 heterocycles. The van der Waals surface area contributed by atoms with Crippen molar-refractivity contribution in [3.8, 4) is 0 Å². The average Bonchev–Trinajstić information content (AvgIpc) is 2.24. The van der Waals surface area contributed by atoms with Crippen LogP contribution in [0.2, 0.25) is 0 Å². The van der Waals surface area contributed by atoms with Gasteiger partial charge in [0.2, 0.25) is 0 Å². The van der Waals surface area contributed by atoms with Gasteiger partial charge in [-0.2, -0.15) is 0 Å². The average molecular weight is 240 g/mol. The Morgan fingerprint density at radius 2 is 1.82 bits per heavy atom. The Morgan fingerprint density at radius 1 is 1.18 bits per heavy atom. The molecule has 0 amide bonds. The summed E-state index contributed by atoms with van der Waals surface area (Å²) >= 11 is 0. The molecule has 102 valence electrons. The minimum atomic E-state index is 0.630. The van der Waals surface area contributed by atoms with Gasteiger partial charge in [0, 0.05) is 31.7 Å². The molecule has 1 aliphatic rings. The molecule has 0 radical (unpaired) electrons. The van der Waals surface area contributed by atoms with Crippen molar-refractivity contribution in [3.05, 3.63) is 0 Å². The maximum Gasteiger partial charge on any atom is 0.0110 e. The molecule has 0 bridgehead atoms. The van der Waals surface area contributed by atoms with Gasteiger partial charge in [-0.15, -0.1) is 0 Å². The van der Waals surface area contributed by atoms with E-state index in [-0.39, 0.29) is 0 Å². The van der Waals surface area contributed by atoms with E-state index in [2.05, 4.69) is 51.8 Å².